The summed E-state index contributed by atoms with van der Waals surface area (Å²) in [5, 5.41) is 8.87. The predicted octanol–water partition coefficient (Wildman–Crippen LogP) is 5.11. The predicted molar refractivity (Wildman–Crippen MR) is 112 cm³/mol. The maximum absolute atomic E-state index is 10.8. The van der Waals surface area contributed by atoms with Crippen LogP contribution in [0.3, 0.4) is 0 Å². The number of hydrogen-bond acceptors (Lipinski definition) is 2. The summed E-state index contributed by atoms with van der Waals surface area (Å²) in [4.78, 5) is 10.8. The summed E-state index contributed by atoms with van der Waals surface area (Å²) in [5.74, 6) is 6.68. The van der Waals surface area contributed by atoms with Crippen LogP contribution in [0.4, 0.5) is 0 Å². The van der Waals surface area contributed by atoms with Crippen LogP contribution in [-0.2, 0) is 23.1 Å². The Morgan fingerprint density at radius 1 is 1.07 bits per heavy atom. The second kappa shape index (κ2) is 7.36. The molecule has 28 heavy (non-hydrogen) atoms. The first-order chi connectivity index (χ1) is 13.1. The van der Waals surface area contributed by atoms with Gasteiger partial charge in [0.25, 0.3) is 0 Å². The minimum atomic E-state index is -0.826. The molecular formula is C25H28O3. The molecule has 1 aliphatic heterocycles. The van der Waals surface area contributed by atoms with Gasteiger partial charge in [-0.15, -0.1) is 0 Å². The van der Waals surface area contributed by atoms with Gasteiger partial charge in [0, 0.05) is 16.7 Å². The summed E-state index contributed by atoms with van der Waals surface area (Å²) in [6, 6.07) is 11.7. The summed E-state index contributed by atoms with van der Waals surface area (Å²) in [5.41, 5.74) is 4.92. The molecule has 1 aliphatic rings. The molecule has 2 aromatic carbocycles. The third-order valence-electron chi connectivity index (χ3n) is 5.18. The molecule has 0 unspecified atom stereocenters. The number of aliphatic carboxylic acids is 1. The van der Waals surface area contributed by atoms with E-state index in [0.29, 0.717) is 0 Å². The highest BCUT2D eigenvalue weighted by molar-refractivity contribution is 5.70. The van der Waals surface area contributed by atoms with Crippen molar-refractivity contribution in [2.24, 2.45) is 0 Å². The number of carboxylic acids is 1. The lowest BCUT2D eigenvalue weighted by Crippen LogP contribution is -2.41. The van der Waals surface area contributed by atoms with Crippen molar-refractivity contribution < 1.29 is 14.6 Å². The number of hydrogen-bond donors (Lipinski definition) is 1. The van der Waals surface area contributed by atoms with Crippen LogP contribution in [0.25, 0.3) is 0 Å². The molecule has 0 fully saturated rings. The molecule has 3 heteroatoms. The highest BCUT2D eigenvalue weighted by atomic mass is 16.5. The maximum Gasteiger partial charge on any atom is 0.307 e. The molecule has 0 bridgehead atoms. The van der Waals surface area contributed by atoms with Gasteiger partial charge in [0.15, 0.2) is 0 Å². The maximum atomic E-state index is 10.8. The van der Waals surface area contributed by atoms with Gasteiger partial charge in [-0.3, -0.25) is 4.79 Å². The Hall–Kier alpha value is -2.73. The smallest absolute Gasteiger partial charge is 0.307 e. The molecule has 146 valence electrons. The normalized spacial score (nSPS) is 16.3. The van der Waals surface area contributed by atoms with Crippen LogP contribution in [0, 0.1) is 11.8 Å². The minimum Gasteiger partial charge on any atom is -0.487 e. The highest BCUT2D eigenvalue weighted by Gasteiger charge is 2.40. The van der Waals surface area contributed by atoms with Crippen LogP contribution in [-0.4, -0.2) is 16.7 Å². The molecule has 0 spiro atoms. The molecule has 1 N–H and O–H groups in total. The number of carbonyl (C=O) groups is 1. The molecule has 0 aromatic heterocycles. The lowest BCUT2D eigenvalue weighted by atomic mass is 9.72. The molecule has 3 nitrogen and oxygen atoms in total. The van der Waals surface area contributed by atoms with Gasteiger partial charge in [0.05, 0.1) is 6.42 Å². The number of ether oxygens (including phenoxy) is 1. The fourth-order valence-electron chi connectivity index (χ4n) is 4.14. The van der Waals surface area contributed by atoms with Crippen molar-refractivity contribution in [1.82, 2.24) is 0 Å². The average molecular weight is 376 g/mol. The van der Waals surface area contributed by atoms with Crippen molar-refractivity contribution in [2.45, 2.75) is 64.9 Å². The summed E-state index contributed by atoms with van der Waals surface area (Å²) in [7, 11) is 0. The van der Waals surface area contributed by atoms with Crippen LogP contribution < -0.4 is 4.74 Å². The minimum absolute atomic E-state index is 0.0250. The van der Waals surface area contributed by atoms with E-state index < -0.39 is 5.97 Å². The Morgan fingerprint density at radius 3 is 2.32 bits per heavy atom. The summed E-state index contributed by atoms with van der Waals surface area (Å²) in [6.07, 6.45) is 1.88. The number of benzene rings is 2. The zero-order chi connectivity index (χ0) is 20.5. The number of rotatable bonds is 3. The summed E-state index contributed by atoms with van der Waals surface area (Å²) >= 11 is 0. The largest absolute Gasteiger partial charge is 0.487 e. The number of aryl methyl sites for hydroxylation is 1. The molecule has 0 aliphatic carbocycles. The molecule has 3 rings (SSSR count). The van der Waals surface area contributed by atoms with Crippen molar-refractivity contribution in [1.29, 1.82) is 0 Å². The molecule has 1 heterocycles. The summed E-state index contributed by atoms with van der Waals surface area (Å²) in [6.45, 7) is 11.0. The second-order valence-corrected chi connectivity index (χ2v) is 8.81. The monoisotopic (exact) mass is 376 g/mol. The van der Waals surface area contributed by atoms with Crippen LogP contribution in [0.1, 0.15) is 68.9 Å². The van der Waals surface area contributed by atoms with Gasteiger partial charge in [-0.25, -0.2) is 0 Å². The topological polar surface area (TPSA) is 46.5 Å². The Labute approximate surface area is 167 Å². The van der Waals surface area contributed by atoms with Crippen molar-refractivity contribution in [2.75, 3.05) is 0 Å². The molecule has 0 saturated heterocycles. The first-order valence-electron chi connectivity index (χ1n) is 9.79. The van der Waals surface area contributed by atoms with E-state index >= 15 is 0 Å². The molecule has 0 radical (unpaired) electrons. The Bertz CT molecular complexity index is 954. The Morgan fingerprint density at radius 2 is 1.71 bits per heavy atom. The first kappa shape index (κ1) is 20.0. The fourth-order valence-corrected chi connectivity index (χ4v) is 4.14. The average Bonchev–Trinajstić information content (AvgIpc) is 2.59. The third-order valence-corrected chi connectivity index (χ3v) is 5.18. The van der Waals surface area contributed by atoms with Gasteiger partial charge in [0.1, 0.15) is 11.4 Å². The zero-order valence-electron chi connectivity index (χ0n) is 17.3. The van der Waals surface area contributed by atoms with Crippen molar-refractivity contribution >= 4 is 5.97 Å². The lowest BCUT2D eigenvalue weighted by molar-refractivity contribution is -0.136. The van der Waals surface area contributed by atoms with Gasteiger partial charge in [0.2, 0.25) is 0 Å². The summed E-state index contributed by atoms with van der Waals surface area (Å²) < 4.78 is 6.34. The SMILES string of the molecule is CCc1cc(C#Cc2ccc(CC(=O)O)cc2)cc2c1OC(C)(C)CC2(C)C. The van der Waals surface area contributed by atoms with Crippen molar-refractivity contribution in [3.8, 4) is 17.6 Å². The van der Waals surface area contributed by atoms with Crippen LogP contribution >= 0.6 is 0 Å². The van der Waals surface area contributed by atoms with E-state index in [1.165, 1.54) is 11.1 Å². The van der Waals surface area contributed by atoms with Crippen LogP contribution in [0.2, 0.25) is 0 Å². The third kappa shape index (κ3) is 4.39. The first-order valence-corrected chi connectivity index (χ1v) is 9.79. The van der Waals surface area contributed by atoms with Crippen LogP contribution in [0.15, 0.2) is 36.4 Å². The van der Waals surface area contributed by atoms with E-state index in [0.717, 1.165) is 35.3 Å². The van der Waals surface area contributed by atoms with Gasteiger partial charge in [-0.1, -0.05) is 44.7 Å². The Balaban J connectivity index is 1.95. The Kier molecular flexibility index (Phi) is 5.26. The lowest BCUT2D eigenvalue weighted by Gasteiger charge is -2.43. The van der Waals surface area contributed by atoms with E-state index in [2.05, 4.69) is 58.6 Å². The quantitative estimate of drug-likeness (QED) is 0.757. The van der Waals surface area contributed by atoms with Crippen molar-refractivity contribution in [3.63, 3.8) is 0 Å². The van der Waals surface area contributed by atoms with E-state index in [-0.39, 0.29) is 17.4 Å². The second-order valence-electron chi connectivity index (χ2n) is 8.81. The van der Waals surface area contributed by atoms with Crippen LogP contribution in [0.5, 0.6) is 5.75 Å². The van der Waals surface area contributed by atoms with E-state index in [4.69, 9.17) is 9.84 Å². The standard InChI is InChI=1S/C25H28O3/c1-6-20-13-19(12-9-17-7-10-18(11-8-17)15-22(26)27)14-21-23(20)28-25(4,5)16-24(21,2)3/h7-8,10-11,13-14H,6,15-16H2,1-5H3,(H,26,27). The number of carboxylic acid groups (broad SMARTS) is 1. The molecule has 2 aromatic rings. The van der Waals surface area contributed by atoms with Gasteiger partial charge in [-0.05, 0) is 67.5 Å². The molecule has 0 saturated carbocycles. The van der Waals surface area contributed by atoms with E-state index in [9.17, 15) is 4.79 Å². The zero-order valence-corrected chi connectivity index (χ0v) is 17.3. The highest BCUT2D eigenvalue weighted by Crippen LogP contribution is 2.46. The van der Waals surface area contributed by atoms with E-state index in [1.807, 2.05) is 24.3 Å². The fraction of sp³-hybridized carbons (Fsp3) is 0.400. The number of fused-ring (bicyclic) bond motifs is 1. The molecule has 0 atom stereocenters. The van der Waals surface area contributed by atoms with Gasteiger partial charge < -0.3 is 9.84 Å². The van der Waals surface area contributed by atoms with E-state index in [1.54, 1.807) is 0 Å². The van der Waals surface area contributed by atoms with Gasteiger partial charge >= 0.3 is 5.97 Å². The molecular weight excluding hydrogens is 348 g/mol. The van der Waals surface area contributed by atoms with Gasteiger partial charge in [-0.2, -0.15) is 0 Å². The molecule has 0 amide bonds. The van der Waals surface area contributed by atoms with Crippen molar-refractivity contribution in [3.05, 3.63) is 64.2 Å².